The van der Waals surface area contributed by atoms with Crippen molar-refractivity contribution in [3.63, 3.8) is 0 Å². The number of fused-ring (bicyclic) bond motifs is 1. The summed E-state index contributed by atoms with van der Waals surface area (Å²) < 4.78 is 0. The summed E-state index contributed by atoms with van der Waals surface area (Å²) >= 11 is 1.84. The van der Waals surface area contributed by atoms with E-state index in [-0.39, 0.29) is 0 Å². The van der Waals surface area contributed by atoms with Crippen LogP contribution in [0.2, 0.25) is 0 Å². The Morgan fingerprint density at radius 1 is 1.43 bits per heavy atom. The molecule has 1 atom stereocenters. The first-order valence-electron chi connectivity index (χ1n) is 4.36. The Morgan fingerprint density at radius 3 is 2.86 bits per heavy atom. The van der Waals surface area contributed by atoms with Crippen molar-refractivity contribution in [2.24, 2.45) is 5.73 Å². The minimum atomic E-state index is -0.976. The summed E-state index contributed by atoms with van der Waals surface area (Å²) in [7, 11) is 0. The lowest BCUT2D eigenvalue weighted by molar-refractivity contribution is -0.138. The SMILES string of the molecule is N[C@@H](C(=O)O)c1ccc2c(c1)CSC2. The zero-order valence-electron chi connectivity index (χ0n) is 7.56. The molecular weight excluding hydrogens is 198 g/mol. The summed E-state index contributed by atoms with van der Waals surface area (Å²) in [5, 5.41) is 8.75. The third-order valence-electron chi connectivity index (χ3n) is 2.37. The third-order valence-corrected chi connectivity index (χ3v) is 3.40. The molecule has 3 nitrogen and oxygen atoms in total. The van der Waals surface area contributed by atoms with Gasteiger partial charge in [-0.3, -0.25) is 4.79 Å². The Labute approximate surface area is 86.3 Å². The van der Waals surface area contributed by atoms with Crippen LogP contribution in [0.1, 0.15) is 22.7 Å². The van der Waals surface area contributed by atoms with Crippen molar-refractivity contribution in [3.05, 3.63) is 34.9 Å². The lowest BCUT2D eigenvalue weighted by atomic mass is 10.0. The number of hydrogen-bond donors (Lipinski definition) is 2. The summed E-state index contributed by atoms with van der Waals surface area (Å²) in [6, 6.07) is 4.80. The normalized spacial score (nSPS) is 16.4. The van der Waals surface area contributed by atoms with Crippen LogP contribution < -0.4 is 5.73 Å². The average molecular weight is 209 g/mol. The molecule has 0 aromatic heterocycles. The van der Waals surface area contributed by atoms with Crippen LogP contribution in [0.25, 0.3) is 0 Å². The van der Waals surface area contributed by atoms with Gasteiger partial charge in [0.1, 0.15) is 6.04 Å². The molecule has 1 aliphatic rings. The standard InChI is InChI=1S/C10H11NO2S/c11-9(10(12)13)6-1-2-7-4-14-5-8(7)3-6/h1-3,9H,4-5,11H2,(H,12,13)/t9-/m1/s1. The summed E-state index contributed by atoms with van der Waals surface area (Å²) in [6.45, 7) is 0. The number of rotatable bonds is 2. The third kappa shape index (κ3) is 1.63. The molecule has 3 N–H and O–H groups in total. The second-order valence-electron chi connectivity index (χ2n) is 3.34. The summed E-state index contributed by atoms with van der Waals surface area (Å²) in [5.41, 5.74) is 8.75. The molecule has 1 aromatic carbocycles. The Morgan fingerprint density at radius 2 is 2.14 bits per heavy atom. The van der Waals surface area contributed by atoms with E-state index in [1.807, 2.05) is 30.0 Å². The van der Waals surface area contributed by atoms with Gasteiger partial charge in [0.15, 0.2) is 0 Å². The number of nitrogens with two attached hydrogens (primary N) is 1. The van der Waals surface area contributed by atoms with Crippen LogP contribution in [0.5, 0.6) is 0 Å². The number of aliphatic carboxylic acids is 1. The van der Waals surface area contributed by atoms with Crippen LogP contribution in [0.15, 0.2) is 18.2 Å². The Balaban J connectivity index is 2.33. The molecule has 0 radical (unpaired) electrons. The van der Waals surface area contributed by atoms with Crippen LogP contribution >= 0.6 is 11.8 Å². The Bertz CT molecular complexity index is 378. The maximum absolute atomic E-state index is 10.7. The lowest BCUT2D eigenvalue weighted by Crippen LogP contribution is -2.20. The molecule has 0 spiro atoms. The predicted octanol–water partition coefficient (Wildman–Crippen LogP) is 1.52. The summed E-state index contributed by atoms with van der Waals surface area (Å²) in [4.78, 5) is 10.7. The van der Waals surface area contributed by atoms with Crippen LogP contribution in [0.3, 0.4) is 0 Å². The number of carboxylic acids is 1. The molecular formula is C10H11NO2S. The van der Waals surface area contributed by atoms with E-state index in [4.69, 9.17) is 10.8 Å². The van der Waals surface area contributed by atoms with Gasteiger partial charge < -0.3 is 10.8 Å². The van der Waals surface area contributed by atoms with Gasteiger partial charge in [0.05, 0.1) is 0 Å². The Hall–Kier alpha value is -1.00. The van der Waals surface area contributed by atoms with Gasteiger partial charge in [0.25, 0.3) is 0 Å². The van der Waals surface area contributed by atoms with Crippen LogP contribution in [0.4, 0.5) is 0 Å². The van der Waals surface area contributed by atoms with E-state index in [1.54, 1.807) is 0 Å². The smallest absolute Gasteiger partial charge is 0.325 e. The van der Waals surface area contributed by atoms with Gasteiger partial charge in [-0.05, 0) is 16.7 Å². The first-order valence-corrected chi connectivity index (χ1v) is 5.52. The maximum atomic E-state index is 10.7. The molecule has 0 aliphatic carbocycles. The summed E-state index contributed by atoms with van der Waals surface area (Å²) in [5.74, 6) is 1.02. The molecule has 0 saturated heterocycles. The van der Waals surface area contributed by atoms with Gasteiger partial charge in [-0.1, -0.05) is 18.2 Å². The molecule has 0 amide bonds. The predicted molar refractivity (Wildman–Crippen MR) is 56.0 cm³/mol. The van der Waals surface area contributed by atoms with Gasteiger partial charge >= 0.3 is 5.97 Å². The molecule has 0 bridgehead atoms. The largest absolute Gasteiger partial charge is 0.480 e. The minimum absolute atomic E-state index is 0.693. The second kappa shape index (κ2) is 3.63. The van der Waals surface area contributed by atoms with Crippen molar-refractivity contribution in [2.75, 3.05) is 0 Å². The van der Waals surface area contributed by atoms with E-state index in [2.05, 4.69) is 0 Å². The zero-order chi connectivity index (χ0) is 10.1. The fourth-order valence-corrected chi connectivity index (χ4v) is 2.62. The highest BCUT2D eigenvalue weighted by atomic mass is 32.2. The van der Waals surface area contributed by atoms with Crippen molar-refractivity contribution in [3.8, 4) is 0 Å². The Kier molecular flexibility index (Phi) is 2.48. The van der Waals surface area contributed by atoms with Gasteiger partial charge in [0, 0.05) is 11.5 Å². The van der Waals surface area contributed by atoms with E-state index in [1.165, 1.54) is 11.1 Å². The first kappa shape index (κ1) is 9.55. The number of hydrogen-bond acceptors (Lipinski definition) is 3. The van der Waals surface area contributed by atoms with E-state index in [0.717, 1.165) is 11.5 Å². The van der Waals surface area contributed by atoms with Crippen molar-refractivity contribution in [1.82, 2.24) is 0 Å². The van der Waals surface area contributed by atoms with Crippen molar-refractivity contribution in [1.29, 1.82) is 0 Å². The van der Waals surface area contributed by atoms with E-state index >= 15 is 0 Å². The quantitative estimate of drug-likeness (QED) is 0.775. The average Bonchev–Trinajstić information content (AvgIpc) is 2.62. The fraction of sp³-hybridized carbons (Fsp3) is 0.300. The van der Waals surface area contributed by atoms with E-state index in [0.29, 0.717) is 5.56 Å². The van der Waals surface area contributed by atoms with Gasteiger partial charge in [0.2, 0.25) is 0 Å². The maximum Gasteiger partial charge on any atom is 0.325 e. The van der Waals surface area contributed by atoms with Gasteiger partial charge in [-0.25, -0.2) is 0 Å². The molecule has 4 heteroatoms. The molecule has 1 heterocycles. The van der Waals surface area contributed by atoms with E-state index in [9.17, 15) is 4.79 Å². The molecule has 14 heavy (non-hydrogen) atoms. The highest BCUT2D eigenvalue weighted by Gasteiger charge is 2.17. The van der Waals surface area contributed by atoms with Gasteiger partial charge in [-0.2, -0.15) is 11.8 Å². The van der Waals surface area contributed by atoms with Crippen molar-refractivity contribution >= 4 is 17.7 Å². The van der Waals surface area contributed by atoms with Crippen LogP contribution in [-0.4, -0.2) is 11.1 Å². The summed E-state index contributed by atoms with van der Waals surface area (Å²) in [6.07, 6.45) is 0. The fourth-order valence-electron chi connectivity index (χ4n) is 1.53. The van der Waals surface area contributed by atoms with E-state index < -0.39 is 12.0 Å². The minimum Gasteiger partial charge on any atom is -0.480 e. The molecule has 0 unspecified atom stereocenters. The highest BCUT2D eigenvalue weighted by molar-refractivity contribution is 7.98. The molecule has 1 aromatic rings. The molecule has 0 fully saturated rings. The number of thioether (sulfide) groups is 1. The van der Waals surface area contributed by atoms with Crippen molar-refractivity contribution < 1.29 is 9.90 Å². The highest BCUT2D eigenvalue weighted by Crippen LogP contribution is 2.31. The van der Waals surface area contributed by atoms with Crippen molar-refractivity contribution in [2.45, 2.75) is 17.5 Å². The number of carbonyl (C=O) groups is 1. The number of carboxylic acid groups (broad SMARTS) is 1. The van der Waals surface area contributed by atoms with Gasteiger partial charge in [-0.15, -0.1) is 0 Å². The molecule has 74 valence electrons. The lowest BCUT2D eigenvalue weighted by Gasteiger charge is -2.08. The zero-order valence-corrected chi connectivity index (χ0v) is 8.38. The topological polar surface area (TPSA) is 63.3 Å². The monoisotopic (exact) mass is 209 g/mol. The molecule has 1 aliphatic heterocycles. The van der Waals surface area contributed by atoms with Crippen LogP contribution in [0, 0.1) is 0 Å². The first-order chi connectivity index (χ1) is 6.68. The van der Waals surface area contributed by atoms with Crippen LogP contribution in [-0.2, 0) is 16.3 Å². The molecule has 0 saturated carbocycles. The number of benzene rings is 1. The molecule has 2 rings (SSSR count). The second-order valence-corrected chi connectivity index (χ2v) is 4.32.